The van der Waals surface area contributed by atoms with E-state index in [4.69, 9.17) is 4.74 Å². The zero-order valence-corrected chi connectivity index (χ0v) is 25.8. The number of phenolic OH excluding ortho intramolecular Hbond substituents is 1. The third kappa shape index (κ3) is 13.3. The van der Waals surface area contributed by atoms with Crippen molar-refractivity contribution in [3.63, 3.8) is 0 Å². The molecule has 2 atom stereocenters. The lowest BCUT2D eigenvalue weighted by atomic mass is 9.97. The van der Waals surface area contributed by atoms with Crippen LogP contribution in [0.4, 0.5) is 0 Å². The maximum Gasteiger partial charge on any atom is 0.323 e. The van der Waals surface area contributed by atoms with Crippen LogP contribution in [0, 0.1) is 13.8 Å². The minimum absolute atomic E-state index is 0.308. The molecule has 0 spiro atoms. The molecule has 4 heteroatoms. The van der Waals surface area contributed by atoms with E-state index in [-0.39, 0.29) is 12.1 Å². The van der Waals surface area contributed by atoms with Gasteiger partial charge in [-0.3, -0.25) is 4.79 Å². The lowest BCUT2D eigenvalue weighted by molar-refractivity contribution is -0.149. The zero-order chi connectivity index (χ0) is 28.3. The van der Waals surface area contributed by atoms with Crippen molar-refractivity contribution >= 4 is 18.6 Å². The van der Waals surface area contributed by atoms with Gasteiger partial charge in [0.15, 0.2) is 0 Å². The summed E-state index contributed by atoms with van der Waals surface area (Å²) >= 11 is 4.55. The predicted octanol–water partition coefficient (Wildman–Crippen LogP) is 10.9. The Hall–Kier alpha value is -1.94. The zero-order valence-electron chi connectivity index (χ0n) is 24.9. The highest BCUT2D eigenvalue weighted by atomic mass is 32.1. The molecule has 39 heavy (non-hydrogen) atoms. The molecule has 0 aliphatic rings. The summed E-state index contributed by atoms with van der Waals surface area (Å²) in [5.74, 6) is -0.0167. The summed E-state index contributed by atoms with van der Waals surface area (Å²) in [5.41, 5.74) is 3.41. The minimum Gasteiger partial charge on any atom is -0.507 e. The molecule has 0 saturated carbocycles. The molecule has 2 rings (SSSR count). The molecule has 0 saturated heterocycles. The van der Waals surface area contributed by atoms with E-state index in [1.165, 1.54) is 89.9 Å². The standard InChI is InChI=1S/C35H54O3S/c1-4-5-6-7-8-9-10-11-12-13-14-15-16-17-18-22-25-32(31-26-28(2)33(36)29(3)27-31)38-35(37)34(39)30-23-20-19-21-24-30/h19-21,23-24,26-27,32,34,36,39H,4-18,22,25H2,1-3H3. The molecule has 0 aliphatic heterocycles. The first-order valence-electron chi connectivity index (χ1n) is 15.7. The van der Waals surface area contributed by atoms with E-state index < -0.39 is 5.25 Å². The molecule has 0 heterocycles. The number of benzene rings is 2. The Morgan fingerprint density at radius 3 is 1.62 bits per heavy atom. The predicted molar refractivity (Wildman–Crippen MR) is 169 cm³/mol. The molecule has 2 aromatic carbocycles. The highest BCUT2D eigenvalue weighted by Crippen LogP contribution is 2.33. The molecule has 0 radical (unpaired) electrons. The normalized spacial score (nSPS) is 12.8. The van der Waals surface area contributed by atoms with Crippen LogP contribution >= 0.6 is 12.6 Å². The lowest BCUT2D eigenvalue weighted by Gasteiger charge is -2.22. The molecule has 0 aromatic heterocycles. The fraction of sp³-hybridized carbons (Fsp3) is 0.629. The largest absolute Gasteiger partial charge is 0.507 e. The fourth-order valence-electron chi connectivity index (χ4n) is 5.32. The lowest BCUT2D eigenvalue weighted by Crippen LogP contribution is -2.16. The van der Waals surface area contributed by atoms with Crippen LogP contribution in [0.1, 0.15) is 150 Å². The van der Waals surface area contributed by atoms with Gasteiger partial charge in [0.25, 0.3) is 0 Å². The molecule has 0 fully saturated rings. The van der Waals surface area contributed by atoms with Gasteiger partial charge in [-0.25, -0.2) is 0 Å². The maximum atomic E-state index is 13.0. The smallest absolute Gasteiger partial charge is 0.323 e. The van der Waals surface area contributed by atoms with Crippen molar-refractivity contribution in [1.29, 1.82) is 0 Å². The van der Waals surface area contributed by atoms with Gasteiger partial charge < -0.3 is 9.84 Å². The van der Waals surface area contributed by atoms with Crippen molar-refractivity contribution in [2.75, 3.05) is 0 Å². The number of ether oxygens (including phenoxy) is 1. The van der Waals surface area contributed by atoms with Crippen molar-refractivity contribution in [3.8, 4) is 5.75 Å². The van der Waals surface area contributed by atoms with Crippen LogP contribution in [0.2, 0.25) is 0 Å². The van der Waals surface area contributed by atoms with E-state index in [0.717, 1.165) is 41.5 Å². The van der Waals surface area contributed by atoms with Crippen molar-refractivity contribution in [2.24, 2.45) is 0 Å². The number of aromatic hydroxyl groups is 1. The molecular weight excluding hydrogens is 500 g/mol. The second kappa shape index (κ2) is 20.0. The molecule has 1 N–H and O–H groups in total. The number of hydrogen-bond donors (Lipinski definition) is 2. The SMILES string of the molecule is CCCCCCCCCCCCCCCCCCC(OC(=O)C(S)c1ccccc1)c1cc(C)c(O)c(C)c1. The van der Waals surface area contributed by atoms with Crippen LogP contribution < -0.4 is 0 Å². The number of unbranched alkanes of at least 4 members (excludes halogenated alkanes) is 15. The van der Waals surface area contributed by atoms with E-state index in [1.54, 1.807) is 0 Å². The van der Waals surface area contributed by atoms with Crippen molar-refractivity contribution in [2.45, 2.75) is 141 Å². The van der Waals surface area contributed by atoms with Gasteiger partial charge in [-0.1, -0.05) is 134 Å². The highest BCUT2D eigenvalue weighted by molar-refractivity contribution is 7.81. The van der Waals surface area contributed by atoms with Gasteiger partial charge in [0.2, 0.25) is 0 Å². The Balaban J connectivity index is 1.69. The first-order valence-corrected chi connectivity index (χ1v) is 16.2. The summed E-state index contributed by atoms with van der Waals surface area (Å²) in [7, 11) is 0. The Morgan fingerprint density at radius 1 is 0.718 bits per heavy atom. The summed E-state index contributed by atoms with van der Waals surface area (Å²) in [6.07, 6.45) is 21.8. The van der Waals surface area contributed by atoms with Crippen LogP contribution in [-0.4, -0.2) is 11.1 Å². The van der Waals surface area contributed by atoms with Gasteiger partial charge in [0, 0.05) is 0 Å². The minimum atomic E-state index is -0.612. The summed E-state index contributed by atoms with van der Waals surface area (Å²) in [4.78, 5) is 13.0. The Bertz CT molecular complexity index is 904. The van der Waals surface area contributed by atoms with E-state index in [0.29, 0.717) is 5.75 Å². The number of esters is 1. The van der Waals surface area contributed by atoms with Gasteiger partial charge in [-0.05, 0) is 61.1 Å². The van der Waals surface area contributed by atoms with Crippen molar-refractivity contribution in [3.05, 3.63) is 64.7 Å². The number of carbonyl (C=O) groups excluding carboxylic acids is 1. The average molecular weight is 555 g/mol. The summed E-state index contributed by atoms with van der Waals surface area (Å²) in [6, 6.07) is 13.4. The third-order valence-corrected chi connectivity index (χ3v) is 8.31. The molecular formula is C35H54O3S. The number of rotatable bonds is 21. The number of hydrogen-bond acceptors (Lipinski definition) is 4. The van der Waals surface area contributed by atoms with Gasteiger partial charge >= 0.3 is 5.97 Å². The van der Waals surface area contributed by atoms with Gasteiger partial charge in [0.05, 0.1) is 0 Å². The highest BCUT2D eigenvalue weighted by Gasteiger charge is 2.24. The molecule has 3 nitrogen and oxygen atoms in total. The number of aryl methyl sites for hydroxylation is 2. The van der Waals surface area contributed by atoms with Crippen LogP contribution in [0.15, 0.2) is 42.5 Å². The Kier molecular flexibility index (Phi) is 17.1. The third-order valence-electron chi connectivity index (χ3n) is 7.80. The van der Waals surface area contributed by atoms with E-state index in [1.807, 2.05) is 56.3 Å². The Morgan fingerprint density at radius 2 is 1.15 bits per heavy atom. The number of thiol groups is 1. The summed E-state index contributed by atoms with van der Waals surface area (Å²) < 4.78 is 6.03. The first-order chi connectivity index (χ1) is 18.9. The molecule has 0 bridgehead atoms. The second-order valence-electron chi connectivity index (χ2n) is 11.3. The van der Waals surface area contributed by atoms with Crippen LogP contribution in [0.3, 0.4) is 0 Å². The van der Waals surface area contributed by atoms with Crippen molar-refractivity contribution in [1.82, 2.24) is 0 Å². The topological polar surface area (TPSA) is 46.5 Å². The second-order valence-corrected chi connectivity index (χ2v) is 11.9. The van der Waals surface area contributed by atoms with Gasteiger partial charge in [-0.15, -0.1) is 0 Å². The molecule has 2 aromatic rings. The number of phenols is 1. The van der Waals surface area contributed by atoms with Crippen LogP contribution in [-0.2, 0) is 9.53 Å². The maximum absolute atomic E-state index is 13.0. The fourth-order valence-corrected chi connectivity index (χ4v) is 5.56. The van der Waals surface area contributed by atoms with E-state index in [2.05, 4.69) is 19.6 Å². The van der Waals surface area contributed by atoms with Gasteiger partial charge in [0.1, 0.15) is 17.1 Å². The number of carbonyl (C=O) groups is 1. The molecule has 0 aliphatic carbocycles. The van der Waals surface area contributed by atoms with E-state index in [9.17, 15) is 9.90 Å². The van der Waals surface area contributed by atoms with Crippen LogP contribution in [0.25, 0.3) is 0 Å². The first kappa shape index (κ1) is 33.3. The molecule has 2 unspecified atom stereocenters. The average Bonchev–Trinajstić information content (AvgIpc) is 2.94. The van der Waals surface area contributed by atoms with E-state index >= 15 is 0 Å². The molecule has 0 amide bonds. The van der Waals surface area contributed by atoms with Crippen molar-refractivity contribution < 1.29 is 14.6 Å². The van der Waals surface area contributed by atoms with Crippen LogP contribution in [0.5, 0.6) is 5.75 Å². The van der Waals surface area contributed by atoms with Gasteiger partial charge in [-0.2, -0.15) is 12.6 Å². The summed E-state index contributed by atoms with van der Waals surface area (Å²) in [5, 5.41) is 9.62. The quantitative estimate of drug-likeness (QED) is 0.0916. The molecule has 218 valence electrons. The monoisotopic (exact) mass is 554 g/mol. The summed E-state index contributed by atoms with van der Waals surface area (Å²) in [6.45, 7) is 6.07. The Labute approximate surface area is 244 Å².